The molecule has 0 aliphatic carbocycles. The number of halogens is 4. The molecule has 6 aliphatic heterocycles. The van der Waals surface area contributed by atoms with E-state index in [1.807, 2.05) is 100 Å². The lowest BCUT2D eigenvalue weighted by Crippen LogP contribution is -2.46. The maximum atomic E-state index is 14.9. The lowest BCUT2D eigenvalue weighted by Gasteiger charge is -2.37. The van der Waals surface area contributed by atoms with Gasteiger partial charge in [0.05, 0.1) is 64.7 Å². The van der Waals surface area contributed by atoms with Crippen molar-refractivity contribution in [1.82, 2.24) is 39.3 Å². The molecule has 0 radical (unpaired) electrons. The number of aliphatic hydroxyl groups is 2. The van der Waals surface area contributed by atoms with E-state index < -0.39 is 47.1 Å². The fourth-order valence-electron chi connectivity index (χ4n) is 14.1. The molecular weight excluding hydrogens is 1300 g/mol. The summed E-state index contributed by atoms with van der Waals surface area (Å²) in [5.41, 5.74) is 3.92. The predicted octanol–water partition coefficient (Wildman–Crippen LogP) is 8.48. The molecule has 0 spiro atoms. The van der Waals surface area contributed by atoms with E-state index in [0.29, 0.717) is 24.6 Å². The van der Waals surface area contributed by atoms with E-state index in [1.165, 1.54) is 58.9 Å². The Balaban J connectivity index is 0.000000179. The molecule has 528 valence electrons. The summed E-state index contributed by atoms with van der Waals surface area (Å²) in [7, 11) is 0. The number of ether oxygens (including phenoxy) is 6. The van der Waals surface area contributed by atoms with E-state index >= 15 is 0 Å². The molecule has 4 amide bonds. The molecule has 8 heterocycles. The Morgan fingerprint density at radius 2 is 0.810 bits per heavy atom. The first-order valence-corrected chi connectivity index (χ1v) is 33.7. The molecule has 14 rings (SSSR count). The molecule has 28 heteroatoms. The van der Waals surface area contributed by atoms with Crippen LogP contribution < -0.4 is 38.9 Å². The van der Waals surface area contributed by atoms with Crippen molar-refractivity contribution in [3.05, 3.63) is 193 Å². The van der Waals surface area contributed by atoms with E-state index in [9.17, 15) is 37.4 Å². The van der Waals surface area contributed by atoms with Gasteiger partial charge in [0.1, 0.15) is 84.5 Å². The van der Waals surface area contributed by atoms with Crippen molar-refractivity contribution < 1.29 is 65.8 Å². The first-order valence-electron chi connectivity index (χ1n) is 33.7. The van der Waals surface area contributed by atoms with Crippen molar-refractivity contribution in [2.24, 2.45) is 0 Å². The van der Waals surface area contributed by atoms with Gasteiger partial charge in [-0.1, -0.05) is 12.1 Å². The number of hydrogen-bond acceptors (Lipinski definition) is 18. The second-order valence-electron chi connectivity index (χ2n) is 26.2. The zero-order valence-electron chi connectivity index (χ0n) is 56.1. The molecule has 8 aromatic rings. The summed E-state index contributed by atoms with van der Waals surface area (Å²) < 4.78 is 96.5. The minimum Gasteiger partial charge on any atom is -0.488 e. The molecule has 6 fully saturated rings. The summed E-state index contributed by atoms with van der Waals surface area (Å²) in [4.78, 5) is 50.2. The Bertz CT molecular complexity index is 3770. The number of piperazine rings is 2. The van der Waals surface area contributed by atoms with E-state index in [2.05, 4.69) is 64.0 Å². The third kappa shape index (κ3) is 15.0. The Kier molecular flexibility index (Phi) is 20.7. The maximum absolute atomic E-state index is 14.9. The molecule has 6 saturated heterocycles. The normalized spacial score (nSPS) is 22.6. The largest absolute Gasteiger partial charge is 0.488 e. The van der Waals surface area contributed by atoms with Crippen molar-refractivity contribution >= 4 is 46.2 Å². The van der Waals surface area contributed by atoms with Crippen LogP contribution in [0.2, 0.25) is 0 Å². The summed E-state index contributed by atoms with van der Waals surface area (Å²) in [5.74, 6) is -1.53. The maximum Gasteiger partial charge on any atom is 0.325 e. The van der Waals surface area contributed by atoms with Crippen LogP contribution in [0.15, 0.2) is 159 Å². The number of carbonyl (C=O) groups is 2. The van der Waals surface area contributed by atoms with Crippen LogP contribution in [0.1, 0.15) is 38.8 Å². The topological polar surface area (TPSA) is 217 Å². The molecule has 2 unspecified atom stereocenters. The van der Waals surface area contributed by atoms with Crippen LogP contribution in [0, 0.1) is 23.3 Å². The summed E-state index contributed by atoms with van der Waals surface area (Å²) in [5, 5.41) is 27.8. The third-order valence-electron chi connectivity index (χ3n) is 19.1. The van der Waals surface area contributed by atoms with Crippen molar-refractivity contribution in [2.75, 3.05) is 134 Å². The number of anilines is 6. The molecule has 2 N–H and O–H groups in total. The molecular formula is C72H82F4N14O10. The number of benzene rings is 6. The van der Waals surface area contributed by atoms with E-state index in [-0.39, 0.29) is 100 Å². The zero-order chi connectivity index (χ0) is 69.7. The van der Waals surface area contributed by atoms with Gasteiger partial charge in [-0.05, 0) is 137 Å². The molecule has 2 aromatic heterocycles. The minimum absolute atomic E-state index is 0.0199. The average molecular weight is 1380 g/mol. The number of hydrogen-bond donors (Lipinski definition) is 2. The van der Waals surface area contributed by atoms with Crippen LogP contribution in [0.25, 0.3) is 0 Å². The van der Waals surface area contributed by atoms with Gasteiger partial charge in [0.15, 0.2) is 12.6 Å². The summed E-state index contributed by atoms with van der Waals surface area (Å²) in [6.45, 7) is 15.9. The Labute approximate surface area is 576 Å². The highest BCUT2D eigenvalue weighted by molar-refractivity contribution is 5.96. The molecule has 6 aliphatic rings. The van der Waals surface area contributed by atoms with Crippen molar-refractivity contribution in [3.63, 3.8) is 0 Å². The highest BCUT2D eigenvalue weighted by Gasteiger charge is 2.48. The fourth-order valence-corrected chi connectivity index (χ4v) is 14.1. The SMILES string of the molecule is CC(C)N1C(=O)N(c2ccc(N3CCN(c4ccc(OC[C@H]5OC[C@](Cn6cncn6)(c6ccc(F)cc6F)O5)cc4)CC3)cc2)CC1CO.CC(C)N1C(=O)N(c2ccc(N3CCN(c4ccc(OC[C@H]5OC[C@](Cn6cncn6)(c6ccc(F)cc6F)O5)cc4)CC3)cc2)CC1CO. The van der Waals surface area contributed by atoms with E-state index in [1.54, 1.807) is 19.6 Å². The van der Waals surface area contributed by atoms with Crippen LogP contribution in [0.5, 0.6) is 11.5 Å². The van der Waals surface area contributed by atoms with Crippen LogP contribution in [-0.4, -0.2) is 203 Å². The number of aliphatic hydroxyl groups excluding tert-OH is 2. The van der Waals surface area contributed by atoms with Crippen molar-refractivity contribution in [1.29, 1.82) is 0 Å². The average Bonchev–Trinajstić information content (AvgIpc) is 1.58. The zero-order valence-corrected chi connectivity index (χ0v) is 56.1. The second kappa shape index (κ2) is 30.1. The van der Waals surface area contributed by atoms with Crippen molar-refractivity contribution in [2.45, 2.75) is 88.7 Å². The van der Waals surface area contributed by atoms with Gasteiger partial charge in [0.25, 0.3) is 0 Å². The second-order valence-corrected chi connectivity index (χ2v) is 26.2. The van der Waals surface area contributed by atoms with Crippen LogP contribution in [0.4, 0.5) is 61.3 Å². The number of nitrogens with zero attached hydrogens (tertiary/aromatic N) is 14. The number of urea groups is 2. The molecule has 6 atom stereocenters. The van der Waals surface area contributed by atoms with Gasteiger partial charge in [-0.3, -0.25) is 9.80 Å². The Morgan fingerprint density at radius 1 is 0.480 bits per heavy atom. The van der Waals surface area contributed by atoms with Crippen LogP contribution in [-0.2, 0) is 43.2 Å². The summed E-state index contributed by atoms with van der Waals surface area (Å²) in [6, 6.07) is 38.1. The van der Waals surface area contributed by atoms with Gasteiger partial charge in [0.2, 0.25) is 0 Å². The monoisotopic (exact) mass is 1380 g/mol. The summed E-state index contributed by atoms with van der Waals surface area (Å²) in [6.07, 6.45) is 4.19. The van der Waals surface area contributed by atoms with Gasteiger partial charge in [-0.2, -0.15) is 10.2 Å². The van der Waals surface area contributed by atoms with Crippen LogP contribution >= 0.6 is 0 Å². The lowest BCUT2D eigenvalue weighted by molar-refractivity contribution is -0.117. The molecule has 6 aromatic carbocycles. The number of amides is 4. The van der Waals surface area contributed by atoms with E-state index in [0.717, 1.165) is 98.6 Å². The molecule has 0 saturated carbocycles. The standard InChI is InChI=1S/2C36H41F2N7O5/c2*1-25(2)45-30(19-46)18-44(35(45)47)29-6-4-27(5-7-29)41-13-15-42(16-14-41)28-8-10-31(11-9-28)48-20-34-49-22-36(50-34,21-43-24-39-23-40-43)32-12-3-26(37)17-33(32)38/h2*3-12,17,23-25,30,34,46H,13-16,18-22H2,1-2H3/t2*30?,34-,36+/m00/s1. The smallest absolute Gasteiger partial charge is 0.325 e. The third-order valence-corrected chi connectivity index (χ3v) is 19.1. The first kappa shape index (κ1) is 68.9. The Hall–Kier alpha value is -9.58. The van der Waals surface area contributed by atoms with Gasteiger partial charge in [-0.15, -0.1) is 0 Å². The van der Waals surface area contributed by atoms with Gasteiger partial charge in [0, 0.05) is 122 Å². The first-order chi connectivity index (χ1) is 48.4. The molecule has 100 heavy (non-hydrogen) atoms. The highest BCUT2D eigenvalue weighted by Crippen LogP contribution is 2.40. The number of rotatable bonds is 22. The van der Waals surface area contributed by atoms with Crippen molar-refractivity contribution in [3.8, 4) is 11.5 Å². The Morgan fingerprint density at radius 3 is 1.10 bits per heavy atom. The van der Waals surface area contributed by atoms with Gasteiger partial charge >= 0.3 is 12.1 Å². The molecule has 24 nitrogen and oxygen atoms in total. The van der Waals surface area contributed by atoms with E-state index in [4.69, 9.17) is 28.4 Å². The quantitative estimate of drug-likeness (QED) is 0.0608. The lowest BCUT2D eigenvalue weighted by atomic mass is 9.94. The molecule has 0 bridgehead atoms. The predicted molar refractivity (Wildman–Crippen MR) is 365 cm³/mol. The van der Waals surface area contributed by atoms with Crippen LogP contribution in [0.3, 0.4) is 0 Å². The number of carbonyl (C=O) groups excluding carboxylic acids is 2. The minimum atomic E-state index is -1.24. The number of aromatic nitrogens is 6. The fraction of sp³-hybridized carbons (Fsp3) is 0.417. The van der Waals surface area contributed by atoms with Gasteiger partial charge < -0.3 is 68.0 Å². The highest BCUT2D eigenvalue weighted by atomic mass is 19.1. The van der Waals surface area contributed by atoms with Gasteiger partial charge in [-0.25, -0.2) is 46.5 Å². The summed E-state index contributed by atoms with van der Waals surface area (Å²) >= 11 is 0.